The third-order valence-electron chi connectivity index (χ3n) is 5.19. The third-order valence-corrected chi connectivity index (χ3v) is 6.83. The normalized spacial score (nSPS) is 14.3. The van der Waals surface area contributed by atoms with Crippen LogP contribution in [0.5, 0.6) is 5.88 Å². The molecule has 4 rings (SSSR count). The summed E-state index contributed by atoms with van der Waals surface area (Å²) in [6.45, 7) is 0.453. The van der Waals surface area contributed by atoms with Crippen molar-refractivity contribution in [2.45, 2.75) is 24.4 Å². The minimum atomic E-state index is -3.71. The molecule has 0 bridgehead atoms. The lowest BCUT2D eigenvalue weighted by Crippen LogP contribution is -2.20. The first kappa shape index (κ1) is 22.3. The van der Waals surface area contributed by atoms with E-state index in [4.69, 9.17) is 39.5 Å². The van der Waals surface area contributed by atoms with Gasteiger partial charge in [0, 0.05) is 21.9 Å². The van der Waals surface area contributed by atoms with Gasteiger partial charge in [-0.15, -0.1) is 0 Å². The van der Waals surface area contributed by atoms with Crippen molar-refractivity contribution < 1.29 is 13.2 Å². The van der Waals surface area contributed by atoms with E-state index in [1.807, 2.05) is 12.1 Å². The van der Waals surface area contributed by atoms with E-state index in [9.17, 15) is 8.42 Å². The fraction of sp³-hybridized carbons (Fsp3) is 0.273. The van der Waals surface area contributed by atoms with Gasteiger partial charge in [-0.1, -0.05) is 53.4 Å². The van der Waals surface area contributed by atoms with Crippen LogP contribution < -0.4 is 4.74 Å². The number of sulfone groups is 1. The average molecular weight is 498 g/mol. The summed E-state index contributed by atoms with van der Waals surface area (Å²) < 4.78 is 30.8. The second-order valence-corrected chi connectivity index (χ2v) is 10.7. The lowest BCUT2D eigenvalue weighted by atomic mass is 9.86. The summed E-state index contributed by atoms with van der Waals surface area (Å²) in [5.41, 5.74) is 2.15. The molecule has 9 heteroatoms. The van der Waals surface area contributed by atoms with Gasteiger partial charge in [-0.2, -0.15) is 4.98 Å². The molecule has 1 saturated carbocycles. The Morgan fingerprint density at radius 2 is 1.68 bits per heavy atom. The quantitative estimate of drug-likeness (QED) is 0.371. The van der Waals surface area contributed by atoms with Gasteiger partial charge in [-0.3, -0.25) is 0 Å². The zero-order valence-electron chi connectivity index (χ0n) is 16.6. The second kappa shape index (κ2) is 8.94. The van der Waals surface area contributed by atoms with E-state index in [1.54, 1.807) is 30.3 Å². The predicted octanol–water partition coefficient (Wildman–Crippen LogP) is 6.35. The van der Waals surface area contributed by atoms with Crippen molar-refractivity contribution >= 4 is 44.6 Å². The van der Waals surface area contributed by atoms with E-state index in [0.717, 1.165) is 24.7 Å². The summed E-state index contributed by atoms with van der Waals surface area (Å²) in [4.78, 5) is 8.67. The number of aromatic nitrogens is 2. The molecule has 3 aromatic rings. The van der Waals surface area contributed by atoms with E-state index in [-0.39, 0.29) is 11.0 Å². The van der Waals surface area contributed by atoms with Crippen molar-refractivity contribution in [1.82, 2.24) is 9.97 Å². The Morgan fingerprint density at radius 1 is 1.00 bits per heavy atom. The van der Waals surface area contributed by atoms with Gasteiger partial charge in [-0.25, -0.2) is 13.4 Å². The third kappa shape index (κ3) is 4.98. The zero-order valence-corrected chi connectivity index (χ0v) is 19.7. The minimum absolute atomic E-state index is 0.200. The van der Waals surface area contributed by atoms with Crippen LogP contribution in [0.4, 0.5) is 0 Å². The van der Waals surface area contributed by atoms with E-state index in [2.05, 4.69) is 9.97 Å². The molecule has 0 radical (unpaired) electrons. The SMILES string of the molecule is CS(=O)(=O)c1nc(OCC2CCC2)c(-c2ccc(Cl)cc2)c(-c2ccc(Cl)cc2Cl)n1. The van der Waals surface area contributed by atoms with Crippen LogP contribution in [0, 0.1) is 5.92 Å². The molecule has 162 valence electrons. The Labute approximate surface area is 196 Å². The Bertz CT molecular complexity index is 1230. The maximum atomic E-state index is 12.4. The van der Waals surface area contributed by atoms with Crippen LogP contribution in [-0.4, -0.2) is 31.2 Å². The number of halogens is 3. The molecule has 0 unspecified atom stereocenters. The molecule has 1 fully saturated rings. The Morgan fingerprint density at radius 3 is 2.26 bits per heavy atom. The Balaban J connectivity index is 1.97. The van der Waals surface area contributed by atoms with Gasteiger partial charge in [0.15, 0.2) is 0 Å². The molecule has 1 aliphatic carbocycles. The topological polar surface area (TPSA) is 69.2 Å². The molecule has 0 N–H and O–H groups in total. The number of hydrogen-bond acceptors (Lipinski definition) is 5. The lowest BCUT2D eigenvalue weighted by molar-refractivity contribution is 0.175. The number of benzene rings is 2. The number of nitrogens with zero attached hydrogens (tertiary/aromatic N) is 2. The van der Waals surface area contributed by atoms with Gasteiger partial charge in [0.05, 0.1) is 22.9 Å². The molecule has 0 atom stereocenters. The number of hydrogen-bond donors (Lipinski definition) is 0. The largest absolute Gasteiger partial charge is 0.477 e. The number of ether oxygens (including phenoxy) is 1. The zero-order chi connectivity index (χ0) is 22.2. The van der Waals surface area contributed by atoms with Gasteiger partial charge in [0.25, 0.3) is 5.16 Å². The smallest absolute Gasteiger partial charge is 0.250 e. The molecule has 0 amide bonds. The average Bonchev–Trinajstić information content (AvgIpc) is 2.66. The van der Waals surface area contributed by atoms with Crippen LogP contribution in [0.3, 0.4) is 0 Å². The fourth-order valence-electron chi connectivity index (χ4n) is 3.30. The summed E-state index contributed by atoms with van der Waals surface area (Å²) in [6, 6.07) is 12.1. The minimum Gasteiger partial charge on any atom is -0.477 e. The van der Waals surface area contributed by atoms with Crippen LogP contribution in [-0.2, 0) is 9.84 Å². The van der Waals surface area contributed by atoms with E-state index in [0.29, 0.717) is 44.4 Å². The first-order chi connectivity index (χ1) is 14.7. The van der Waals surface area contributed by atoms with Gasteiger partial charge in [0.1, 0.15) is 0 Å². The Hall–Kier alpha value is -1.86. The van der Waals surface area contributed by atoms with Crippen molar-refractivity contribution in [1.29, 1.82) is 0 Å². The van der Waals surface area contributed by atoms with Crippen LogP contribution in [0.25, 0.3) is 22.4 Å². The van der Waals surface area contributed by atoms with Gasteiger partial charge in [-0.05, 0) is 54.7 Å². The monoisotopic (exact) mass is 496 g/mol. The van der Waals surface area contributed by atoms with Crippen LogP contribution >= 0.6 is 34.8 Å². The highest BCUT2D eigenvalue weighted by Gasteiger charge is 2.26. The van der Waals surface area contributed by atoms with E-state index < -0.39 is 9.84 Å². The molecular formula is C22H19Cl3N2O3S. The molecule has 0 aliphatic heterocycles. The van der Waals surface area contributed by atoms with Crippen LogP contribution in [0.2, 0.25) is 15.1 Å². The van der Waals surface area contributed by atoms with Gasteiger partial charge in [0.2, 0.25) is 15.7 Å². The lowest BCUT2D eigenvalue weighted by Gasteiger charge is -2.26. The standard InChI is InChI=1S/C22H19Cl3N2O3S/c1-31(28,29)22-26-20(17-10-9-16(24)11-18(17)25)19(14-5-7-15(23)8-6-14)21(27-22)30-12-13-3-2-4-13/h5-11,13H,2-4,12H2,1H3. The molecule has 1 aliphatic rings. The predicted molar refractivity (Wildman–Crippen MR) is 124 cm³/mol. The van der Waals surface area contributed by atoms with Crippen molar-refractivity contribution in [3.63, 3.8) is 0 Å². The van der Waals surface area contributed by atoms with E-state index in [1.165, 1.54) is 6.42 Å². The van der Waals surface area contributed by atoms with Crippen molar-refractivity contribution in [3.05, 3.63) is 57.5 Å². The molecule has 1 aromatic heterocycles. The highest BCUT2D eigenvalue weighted by atomic mass is 35.5. The van der Waals surface area contributed by atoms with Gasteiger partial charge < -0.3 is 4.74 Å². The first-order valence-electron chi connectivity index (χ1n) is 9.68. The maximum absolute atomic E-state index is 12.4. The molecule has 0 spiro atoms. The van der Waals surface area contributed by atoms with Crippen molar-refractivity contribution in [3.8, 4) is 28.3 Å². The van der Waals surface area contributed by atoms with Gasteiger partial charge >= 0.3 is 0 Å². The molecular weight excluding hydrogens is 479 g/mol. The highest BCUT2D eigenvalue weighted by molar-refractivity contribution is 7.90. The molecule has 2 aromatic carbocycles. The first-order valence-corrected chi connectivity index (χ1v) is 12.7. The Kier molecular flexibility index (Phi) is 6.44. The van der Waals surface area contributed by atoms with Crippen LogP contribution in [0.1, 0.15) is 19.3 Å². The van der Waals surface area contributed by atoms with Crippen LogP contribution in [0.15, 0.2) is 47.6 Å². The van der Waals surface area contributed by atoms with Crippen molar-refractivity contribution in [2.75, 3.05) is 12.9 Å². The summed E-state index contributed by atoms with van der Waals surface area (Å²) in [6.07, 6.45) is 4.39. The summed E-state index contributed by atoms with van der Waals surface area (Å²) in [5, 5.41) is 1.04. The molecule has 31 heavy (non-hydrogen) atoms. The maximum Gasteiger partial charge on any atom is 0.250 e. The second-order valence-electron chi connectivity index (χ2n) is 7.55. The summed E-state index contributed by atoms with van der Waals surface area (Å²) in [7, 11) is -3.71. The fourth-order valence-corrected chi connectivity index (χ4v) is 4.43. The van der Waals surface area contributed by atoms with E-state index >= 15 is 0 Å². The molecule has 5 nitrogen and oxygen atoms in total. The summed E-state index contributed by atoms with van der Waals surface area (Å²) >= 11 is 18.6. The summed E-state index contributed by atoms with van der Waals surface area (Å²) in [5.74, 6) is 0.628. The molecule has 0 saturated heterocycles. The number of rotatable bonds is 6. The van der Waals surface area contributed by atoms with Crippen molar-refractivity contribution in [2.24, 2.45) is 5.92 Å². The molecule has 1 heterocycles. The highest BCUT2D eigenvalue weighted by Crippen LogP contribution is 2.41.